The summed E-state index contributed by atoms with van der Waals surface area (Å²) in [5.41, 5.74) is 3.99. The lowest BCUT2D eigenvalue weighted by atomic mass is 9.86. The molecule has 6 heteroatoms. The Morgan fingerprint density at radius 3 is 2.42 bits per heavy atom. The van der Waals surface area contributed by atoms with Crippen LogP contribution in [0.1, 0.15) is 42.3 Å². The van der Waals surface area contributed by atoms with E-state index < -0.39 is 0 Å². The molecule has 0 N–H and O–H groups in total. The van der Waals surface area contributed by atoms with Crippen LogP contribution in [0.25, 0.3) is 5.69 Å². The molecular weight excluding hydrogens is 344 g/mol. The van der Waals surface area contributed by atoms with Gasteiger partial charge < -0.3 is 0 Å². The normalized spacial score (nSPS) is 11.5. The maximum atomic E-state index is 12.5. The van der Waals surface area contributed by atoms with E-state index in [2.05, 4.69) is 36.3 Å². The van der Waals surface area contributed by atoms with E-state index in [9.17, 15) is 4.79 Å². The summed E-state index contributed by atoms with van der Waals surface area (Å²) < 4.78 is 1.68. The number of thioether (sulfide) groups is 1. The number of para-hydroxylation sites is 1. The number of aromatic nitrogens is 4. The van der Waals surface area contributed by atoms with Crippen molar-refractivity contribution in [3.63, 3.8) is 0 Å². The Balaban J connectivity index is 1.71. The summed E-state index contributed by atoms with van der Waals surface area (Å²) in [6.07, 6.45) is 0. The fraction of sp³-hybridized carbons (Fsp3) is 0.300. The van der Waals surface area contributed by atoms with Crippen LogP contribution in [0.2, 0.25) is 0 Å². The third-order valence-corrected chi connectivity index (χ3v) is 5.11. The van der Waals surface area contributed by atoms with Gasteiger partial charge in [0.15, 0.2) is 5.78 Å². The van der Waals surface area contributed by atoms with E-state index >= 15 is 0 Å². The summed E-state index contributed by atoms with van der Waals surface area (Å²) in [4.78, 5) is 12.5. The summed E-state index contributed by atoms with van der Waals surface area (Å²) in [7, 11) is 0. The highest BCUT2D eigenvalue weighted by Gasteiger charge is 2.16. The van der Waals surface area contributed by atoms with Crippen molar-refractivity contribution in [1.82, 2.24) is 20.2 Å². The van der Waals surface area contributed by atoms with Gasteiger partial charge in [0.05, 0.1) is 11.4 Å². The number of hydrogen-bond donors (Lipinski definition) is 0. The monoisotopic (exact) mass is 366 g/mol. The van der Waals surface area contributed by atoms with E-state index in [4.69, 9.17) is 0 Å². The van der Waals surface area contributed by atoms with Gasteiger partial charge in [0.2, 0.25) is 5.16 Å². The molecule has 1 aromatic heterocycles. The van der Waals surface area contributed by atoms with Crippen LogP contribution in [-0.4, -0.2) is 31.7 Å². The van der Waals surface area contributed by atoms with Crippen LogP contribution in [0.3, 0.4) is 0 Å². The Hall–Kier alpha value is -2.47. The third-order valence-electron chi connectivity index (χ3n) is 4.19. The summed E-state index contributed by atoms with van der Waals surface area (Å²) in [5.74, 6) is 0.357. The number of benzene rings is 2. The largest absolute Gasteiger partial charge is 0.293 e. The summed E-state index contributed by atoms with van der Waals surface area (Å²) >= 11 is 1.35. The maximum absolute atomic E-state index is 12.5. The second kappa shape index (κ2) is 7.41. The van der Waals surface area contributed by atoms with Crippen molar-refractivity contribution < 1.29 is 4.79 Å². The quantitative estimate of drug-likeness (QED) is 0.499. The minimum atomic E-state index is 0.0646. The lowest BCUT2D eigenvalue weighted by Crippen LogP contribution is -2.11. The van der Waals surface area contributed by atoms with Crippen LogP contribution in [0.5, 0.6) is 0 Å². The van der Waals surface area contributed by atoms with Crippen LogP contribution in [-0.2, 0) is 5.41 Å². The number of tetrazole rings is 1. The first kappa shape index (κ1) is 18.3. The van der Waals surface area contributed by atoms with Crippen molar-refractivity contribution in [3.05, 3.63) is 65.2 Å². The zero-order valence-electron chi connectivity index (χ0n) is 15.4. The van der Waals surface area contributed by atoms with Crippen LogP contribution in [0.15, 0.2) is 53.7 Å². The zero-order chi connectivity index (χ0) is 18.7. The average molecular weight is 366 g/mol. The molecular formula is C20H22N4OS. The fourth-order valence-corrected chi connectivity index (χ4v) is 3.37. The average Bonchev–Trinajstić information content (AvgIpc) is 3.08. The molecule has 26 heavy (non-hydrogen) atoms. The molecule has 5 nitrogen and oxygen atoms in total. The Bertz CT molecular complexity index is 910. The molecule has 3 rings (SSSR count). The first-order valence-corrected chi connectivity index (χ1v) is 9.46. The molecule has 0 unspecified atom stereocenters. The number of carbonyl (C=O) groups is 1. The predicted octanol–water partition coefficient (Wildman–Crippen LogP) is 4.24. The molecule has 3 aromatic rings. The lowest BCUT2D eigenvalue weighted by molar-refractivity contribution is 0.102. The van der Waals surface area contributed by atoms with Gasteiger partial charge in [-0.1, -0.05) is 75.0 Å². The van der Waals surface area contributed by atoms with Gasteiger partial charge in [-0.15, -0.1) is 5.10 Å². The standard InChI is InChI=1S/C20H22N4OS/c1-14-7-5-6-8-17(14)24-19(21-22-23-24)26-13-18(25)15-9-11-16(12-10-15)20(2,3)4/h5-12H,13H2,1-4H3. The molecule has 1 heterocycles. The molecule has 0 atom stereocenters. The van der Waals surface area contributed by atoms with E-state index in [1.807, 2.05) is 55.5 Å². The molecule has 0 saturated carbocycles. The lowest BCUT2D eigenvalue weighted by Gasteiger charge is -2.18. The number of hydrogen-bond acceptors (Lipinski definition) is 5. The number of aryl methyl sites for hydroxylation is 1. The van der Waals surface area contributed by atoms with Gasteiger partial charge in [0.25, 0.3) is 0 Å². The predicted molar refractivity (Wildman–Crippen MR) is 104 cm³/mol. The van der Waals surface area contributed by atoms with E-state index in [0.717, 1.165) is 11.3 Å². The van der Waals surface area contributed by atoms with Crippen molar-refractivity contribution in [3.8, 4) is 5.69 Å². The van der Waals surface area contributed by atoms with Gasteiger partial charge in [-0.25, -0.2) is 0 Å². The molecule has 0 aliphatic carbocycles. The molecule has 0 fully saturated rings. The molecule has 0 bridgehead atoms. The highest BCUT2D eigenvalue weighted by atomic mass is 32.2. The van der Waals surface area contributed by atoms with Crippen molar-refractivity contribution in [2.24, 2.45) is 0 Å². The Morgan fingerprint density at radius 2 is 1.77 bits per heavy atom. The minimum absolute atomic E-state index is 0.0646. The molecule has 0 radical (unpaired) electrons. The molecule has 2 aromatic carbocycles. The maximum Gasteiger partial charge on any atom is 0.214 e. The molecule has 0 amide bonds. The topological polar surface area (TPSA) is 60.7 Å². The van der Waals surface area contributed by atoms with Crippen molar-refractivity contribution in [2.45, 2.75) is 38.3 Å². The van der Waals surface area contributed by atoms with E-state index in [1.165, 1.54) is 17.3 Å². The van der Waals surface area contributed by atoms with Crippen molar-refractivity contribution in [1.29, 1.82) is 0 Å². The number of Topliss-reactive ketones (excluding diaryl/α,β-unsaturated/α-hetero) is 1. The first-order chi connectivity index (χ1) is 12.4. The zero-order valence-corrected chi connectivity index (χ0v) is 16.2. The Kier molecular flexibility index (Phi) is 5.23. The van der Waals surface area contributed by atoms with Crippen LogP contribution in [0, 0.1) is 6.92 Å². The molecule has 0 aliphatic heterocycles. The molecule has 0 saturated heterocycles. The van der Waals surface area contributed by atoms with E-state index in [0.29, 0.717) is 16.5 Å². The SMILES string of the molecule is Cc1ccccc1-n1nnnc1SCC(=O)c1ccc(C(C)(C)C)cc1. The minimum Gasteiger partial charge on any atom is -0.293 e. The van der Waals surface area contributed by atoms with Crippen molar-refractivity contribution in [2.75, 3.05) is 5.75 Å². The van der Waals surface area contributed by atoms with Crippen molar-refractivity contribution >= 4 is 17.5 Å². The number of ketones is 1. The summed E-state index contributed by atoms with van der Waals surface area (Å²) in [6.45, 7) is 8.48. The second-order valence-electron chi connectivity index (χ2n) is 7.20. The third kappa shape index (κ3) is 4.02. The van der Waals surface area contributed by atoms with Gasteiger partial charge in [0, 0.05) is 5.56 Å². The number of rotatable bonds is 5. The van der Waals surface area contributed by atoms with Crippen LogP contribution in [0.4, 0.5) is 0 Å². The molecule has 0 spiro atoms. The Labute approximate surface area is 157 Å². The van der Waals surface area contributed by atoms with Gasteiger partial charge in [-0.3, -0.25) is 4.79 Å². The fourth-order valence-electron chi connectivity index (χ4n) is 2.59. The second-order valence-corrected chi connectivity index (χ2v) is 8.14. The molecule has 0 aliphatic rings. The first-order valence-electron chi connectivity index (χ1n) is 8.47. The van der Waals surface area contributed by atoms with Gasteiger partial charge >= 0.3 is 0 Å². The van der Waals surface area contributed by atoms with Gasteiger partial charge in [-0.2, -0.15) is 4.68 Å². The highest BCUT2D eigenvalue weighted by Crippen LogP contribution is 2.24. The van der Waals surface area contributed by atoms with Crippen LogP contribution >= 0.6 is 11.8 Å². The summed E-state index contributed by atoms with van der Waals surface area (Å²) in [5, 5.41) is 12.5. The number of carbonyl (C=O) groups excluding carboxylic acids is 1. The van der Waals surface area contributed by atoms with Crippen LogP contribution < -0.4 is 0 Å². The van der Waals surface area contributed by atoms with E-state index in [1.54, 1.807) is 4.68 Å². The highest BCUT2D eigenvalue weighted by molar-refractivity contribution is 7.99. The number of nitrogens with zero attached hydrogens (tertiary/aromatic N) is 4. The smallest absolute Gasteiger partial charge is 0.214 e. The van der Waals surface area contributed by atoms with E-state index in [-0.39, 0.29) is 11.2 Å². The Morgan fingerprint density at radius 1 is 1.08 bits per heavy atom. The molecule has 134 valence electrons. The summed E-state index contributed by atoms with van der Waals surface area (Å²) in [6, 6.07) is 15.7. The van der Waals surface area contributed by atoms with Gasteiger partial charge in [-0.05, 0) is 40.0 Å². The van der Waals surface area contributed by atoms with Gasteiger partial charge in [0.1, 0.15) is 0 Å².